The van der Waals surface area contributed by atoms with E-state index in [1.165, 1.54) is 6.20 Å². The molecule has 0 amide bonds. The van der Waals surface area contributed by atoms with Crippen LogP contribution in [-0.2, 0) is 4.74 Å². The van der Waals surface area contributed by atoms with E-state index in [1.807, 2.05) is 6.07 Å². The summed E-state index contributed by atoms with van der Waals surface area (Å²) in [6.45, 7) is 2.19. The average molecular weight is 439 g/mol. The van der Waals surface area contributed by atoms with Gasteiger partial charge in [-0.1, -0.05) is 0 Å². The predicted octanol–water partition coefficient (Wildman–Crippen LogP) is 3.96. The minimum Gasteiger partial charge on any atom is -0.383 e. The van der Waals surface area contributed by atoms with E-state index in [4.69, 9.17) is 4.74 Å². The second kappa shape index (κ2) is 10.2. The monoisotopic (exact) mass is 438 g/mol. The minimum absolute atomic E-state index is 0.257. The maximum Gasteiger partial charge on any atom is 0.149 e. The molecule has 0 saturated heterocycles. The smallest absolute Gasteiger partial charge is 0.149 e. The molecule has 2 aromatic rings. The largest absolute Gasteiger partial charge is 0.383 e. The number of nitrogens with zero attached hydrogens (tertiary/aromatic N) is 3. The molecule has 2 heterocycles. The molecular weight excluding hydrogens is 407 g/mol. The second-order valence-electron chi connectivity index (χ2n) is 8.90. The van der Waals surface area contributed by atoms with E-state index < -0.39 is 0 Å². The first-order chi connectivity index (χ1) is 15.6. The summed E-state index contributed by atoms with van der Waals surface area (Å²) >= 11 is 0. The molecule has 0 bridgehead atoms. The number of hydrogen-bond acceptors (Lipinski definition) is 7. The van der Waals surface area contributed by atoms with Crippen LogP contribution in [-0.4, -0.2) is 48.9 Å². The number of pyridine rings is 2. The molecule has 32 heavy (non-hydrogen) atoms. The van der Waals surface area contributed by atoms with Gasteiger partial charge in [-0.15, -0.1) is 0 Å². The van der Waals surface area contributed by atoms with E-state index in [9.17, 15) is 9.65 Å². The number of hydrogen-bond donors (Lipinski definition) is 3. The lowest BCUT2D eigenvalue weighted by Crippen LogP contribution is -2.38. The Kier molecular flexibility index (Phi) is 7.18. The van der Waals surface area contributed by atoms with Crippen molar-refractivity contribution in [2.24, 2.45) is 5.41 Å². The van der Waals surface area contributed by atoms with Crippen LogP contribution >= 0.6 is 0 Å². The fourth-order valence-corrected chi connectivity index (χ4v) is 4.19. The Hall–Kier alpha value is -2.76. The van der Waals surface area contributed by atoms with Crippen molar-refractivity contribution in [3.8, 4) is 17.2 Å². The fourth-order valence-electron chi connectivity index (χ4n) is 4.19. The molecule has 0 unspecified atom stereocenters. The predicted molar refractivity (Wildman–Crippen MR) is 123 cm³/mol. The number of nitrogens with one attached hydrogen (secondary N) is 3. The molecule has 4 rings (SSSR count). The molecular formula is C24H31FN6O. The molecule has 170 valence electrons. The number of nitriles is 1. The Labute approximate surface area is 188 Å². The summed E-state index contributed by atoms with van der Waals surface area (Å²) in [4.78, 5) is 8.52. The van der Waals surface area contributed by atoms with Crippen LogP contribution in [0.1, 0.15) is 38.5 Å². The Morgan fingerprint density at radius 1 is 1.16 bits per heavy atom. The molecule has 2 saturated carbocycles. The molecule has 3 N–H and O–H groups in total. The van der Waals surface area contributed by atoms with E-state index in [1.54, 1.807) is 25.6 Å². The van der Waals surface area contributed by atoms with Gasteiger partial charge in [0.1, 0.15) is 11.6 Å². The third kappa shape index (κ3) is 5.72. The van der Waals surface area contributed by atoms with Gasteiger partial charge >= 0.3 is 0 Å². The third-order valence-electron chi connectivity index (χ3n) is 6.44. The maximum absolute atomic E-state index is 14.6. The average Bonchev–Trinajstić information content (AvgIpc) is 3.61. The number of halogens is 1. The van der Waals surface area contributed by atoms with Crippen LogP contribution in [0.3, 0.4) is 0 Å². The second-order valence-corrected chi connectivity index (χ2v) is 8.90. The number of rotatable bonds is 10. The Morgan fingerprint density at radius 3 is 2.66 bits per heavy atom. The highest BCUT2D eigenvalue weighted by molar-refractivity contribution is 5.69. The Bertz CT molecular complexity index is 950. The van der Waals surface area contributed by atoms with Crippen LogP contribution in [0, 0.1) is 22.6 Å². The van der Waals surface area contributed by atoms with E-state index >= 15 is 0 Å². The molecule has 0 spiro atoms. The molecule has 2 aliphatic carbocycles. The first-order valence-corrected chi connectivity index (χ1v) is 11.4. The Morgan fingerprint density at radius 2 is 1.94 bits per heavy atom. The lowest BCUT2D eigenvalue weighted by atomic mass is 9.91. The summed E-state index contributed by atoms with van der Waals surface area (Å²) in [5.74, 6) is 0.299. The van der Waals surface area contributed by atoms with E-state index in [0.717, 1.165) is 57.4 Å². The van der Waals surface area contributed by atoms with Gasteiger partial charge in [-0.3, -0.25) is 4.98 Å². The normalized spacial score (nSPS) is 21.5. The highest BCUT2D eigenvalue weighted by Gasteiger charge is 2.42. The minimum atomic E-state index is -0.378. The molecule has 7 nitrogen and oxygen atoms in total. The summed E-state index contributed by atoms with van der Waals surface area (Å²) in [6, 6.07) is 6.86. The van der Waals surface area contributed by atoms with Gasteiger partial charge in [0.05, 0.1) is 30.0 Å². The van der Waals surface area contributed by atoms with Crippen molar-refractivity contribution >= 4 is 11.5 Å². The van der Waals surface area contributed by atoms with Crippen molar-refractivity contribution in [3.05, 3.63) is 36.5 Å². The van der Waals surface area contributed by atoms with Gasteiger partial charge in [-0.25, -0.2) is 9.37 Å². The van der Waals surface area contributed by atoms with Crippen LogP contribution in [0.4, 0.5) is 15.9 Å². The third-order valence-corrected chi connectivity index (χ3v) is 6.44. The van der Waals surface area contributed by atoms with Crippen LogP contribution < -0.4 is 16.0 Å². The van der Waals surface area contributed by atoms with Crippen molar-refractivity contribution < 1.29 is 9.13 Å². The van der Waals surface area contributed by atoms with Crippen molar-refractivity contribution in [1.82, 2.24) is 15.3 Å². The van der Waals surface area contributed by atoms with Gasteiger partial charge in [-0.05, 0) is 50.7 Å². The first-order valence-electron chi connectivity index (χ1n) is 11.4. The molecule has 0 atom stereocenters. The molecule has 8 heteroatoms. The Balaban J connectivity index is 1.37. The number of ether oxygens (including phenoxy) is 1. The molecule has 0 aromatic carbocycles. The highest BCUT2D eigenvalue weighted by atomic mass is 19.1. The van der Waals surface area contributed by atoms with Gasteiger partial charge < -0.3 is 20.7 Å². The lowest BCUT2D eigenvalue weighted by Gasteiger charge is -2.30. The summed E-state index contributed by atoms with van der Waals surface area (Å²) in [5, 5.41) is 19.5. The van der Waals surface area contributed by atoms with Crippen molar-refractivity contribution in [2.75, 3.05) is 37.4 Å². The number of anilines is 2. The van der Waals surface area contributed by atoms with Gasteiger partial charge in [0, 0.05) is 55.8 Å². The SMILES string of the molecule is COCCN[C@H]1CC[C@H](Nc2cc(-c3cncc(NCC4(C#N)CC4)c3)c(F)cn2)CC1. The van der Waals surface area contributed by atoms with Crippen LogP contribution in [0.5, 0.6) is 0 Å². The first kappa shape index (κ1) is 22.4. The summed E-state index contributed by atoms with van der Waals surface area (Å²) in [5.41, 5.74) is 1.68. The maximum atomic E-state index is 14.6. The molecule has 2 aromatic heterocycles. The zero-order chi connectivity index (χ0) is 22.4. The van der Waals surface area contributed by atoms with Gasteiger partial charge in [0.25, 0.3) is 0 Å². The zero-order valence-electron chi connectivity index (χ0n) is 18.5. The molecule has 2 fully saturated rings. The van der Waals surface area contributed by atoms with E-state index in [0.29, 0.717) is 35.6 Å². The standard InChI is InChI=1S/C24H31FN6O/c1-32-9-8-28-18-2-4-19(5-3-18)31-23-11-21(22(25)14-29-23)17-10-20(13-27-12-17)30-16-24(15-26)6-7-24/h10-14,18-19,28,30H,2-9,16H2,1H3,(H,29,31)/t18-,19-. The van der Waals surface area contributed by atoms with Crippen LogP contribution in [0.25, 0.3) is 11.1 Å². The number of aromatic nitrogens is 2. The van der Waals surface area contributed by atoms with E-state index in [-0.39, 0.29) is 11.2 Å². The van der Waals surface area contributed by atoms with E-state index in [2.05, 4.69) is 32.0 Å². The molecule has 0 radical (unpaired) electrons. The summed E-state index contributed by atoms with van der Waals surface area (Å²) in [6.07, 6.45) is 10.7. The fraction of sp³-hybridized carbons (Fsp3) is 0.542. The number of methoxy groups -OCH3 is 1. The quantitative estimate of drug-likeness (QED) is 0.483. The summed E-state index contributed by atoms with van der Waals surface area (Å²) < 4.78 is 19.7. The van der Waals surface area contributed by atoms with Crippen molar-refractivity contribution in [1.29, 1.82) is 5.26 Å². The van der Waals surface area contributed by atoms with Crippen LogP contribution in [0.2, 0.25) is 0 Å². The summed E-state index contributed by atoms with van der Waals surface area (Å²) in [7, 11) is 1.72. The van der Waals surface area contributed by atoms with Gasteiger partial charge in [0.15, 0.2) is 0 Å². The van der Waals surface area contributed by atoms with Crippen LogP contribution in [0.15, 0.2) is 30.7 Å². The zero-order valence-corrected chi connectivity index (χ0v) is 18.5. The van der Waals surface area contributed by atoms with Gasteiger partial charge in [-0.2, -0.15) is 5.26 Å². The molecule has 0 aliphatic heterocycles. The van der Waals surface area contributed by atoms with Crippen molar-refractivity contribution in [3.63, 3.8) is 0 Å². The highest BCUT2D eigenvalue weighted by Crippen LogP contribution is 2.44. The lowest BCUT2D eigenvalue weighted by molar-refractivity contribution is 0.191. The van der Waals surface area contributed by atoms with Crippen molar-refractivity contribution in [2.45, 2.75) is 50.6 Å². The van der Waals surface area contributed by atoms with Gasteiger partial charge in [0.2, 0.25) is 0 Å². The topological polar surface area (TPSA) is 94.9 Å². The molecule has 2 aliphatic rings.